The summed E-state index contributed by atoms with van der Waals surface area (Å²) in [6.45, 7) is 2.41. The van der Waals surface area contributed by atoms with Gasteiger partial charge in [-0.1, -0.05) is 29.5 Å². The molecule has 2 aromatic heterocycles. The van der Waals surface area contributed by atoms with Crippen LogP contribution in [0, 0.1) is 12.3 Å². The molecular weight excluding hydrogens is 597 g/mol. The molecule has 0 radical (unpaired) electrons. The lowest BCUT2D eigenvalue weighted by atomic mass is 10.2. The van der Waals surface area contributed by atoms with Gasteiger partial charge in [0, 0.05) is 30.9 Å². The van der Waals surface area contributed by atoms with Crippen LogP contribution in [0.5, 0.6) is 11.8 Å². The van der Waals surface area contributed by atoms with E-state index in [1.807, 2.05) is 12.1 Å². The number of carbonyl (C=O) groups is 2. The highest BCUT2D eigenvalue weighted by Crippen LogP contribution is 2.34. The first kappa shape index (κ1) is 30.2. The molecular formula is C29H25F3N8O3S. The Hall–Kier alpha value is -5.31. The van der Waals surface area contributed by atoms with E-state index in [1.165, 1.54) is 23.7 Å². The topological polar surface area (TPSA) is 145 Å². The molecule has 226 valence electrons. The molecule has 1 aliphatic rings. The van der Waals surface area contributed by atoms with E-state index in [4.69, 9.17) is 10.1 Å². The molecule has 0 spiro atoms. The van der Waals surface area contributed by atoms with E-state index in [9.17, 15) is 22.8 Å². The molecule has 1 fully saturated rings. The number of thiazole rings is 1. The summed E-state index contributed by atoms with van der Waals surface area (Å²) < 4.78 is 44.7. The summed E-state index contributed by atoms with van der Waals surface area (Å²) in [4.78, 5) is 39.7. The van der Waals surface area contributed by atoms with Crippen molar-refractivity contribution >= 4 is 45.5 Å². The number of amides is 3. The van der Waals surface area contributed by atoms with Crippen molar-refractivity contribution in [3.8, 4) is 22.2 Å². The van der Waals surface area contributed by atoms with E-state index in [0.717, 1.165) is 16.9 Å². The van der Waals surface area contributed by atoms with Gasteiger partial charge >= 0.3 is 18.2 Å². The van der Waals surface area contributed by atoms with E-state index in [-0.39, 0.29) is 23.4 Å². The predicted molar refractivity (Wildman–Crippen MR) is 160 cm³/mol. The van der Waals surface area contributed by atoms with Gasteiger partial charge in [-0.25, -0.2) is 19.7 Å². The van der Waals surface area contributed by atoms with Crippen LogP contribution in [0.25, 0.3) is 10.4 Å². The van der Waals surface area contributed by atoms with Crippen LogP contribution >= 0.6 is 11.3 Å². The van der Waals surface area contributed by atoms with Crippen LogP contribution in [0.15, 0.2) is 79.0 Å². The van der Waals surface area contributed by atoms with Crippen molar-refractivity contribution < 1.29 is 27.5 Å². The number of hydrogen-bond acceptors (Lipinski definition) is 9. The summed E-state index contributed by atoms with van der Waals surface area (Å²) in [5.41, 5.74) is 0.550. The van der Waals surface area contributed by atoms with E-state index >= 15 is 0 Å². The highest BCUT2D eigenvalue weighted by Gasteiger charge is 2.33. The van der Waals surface area contributed by atoms with Crippen molar-refractivity contribution in [2.24, 2.45) is 0 Å². The Morgan fingerprint density at radius 3 is 2.43 bits per heavy atom. The Balaban J connectivity index is 1.19. The normalized spacial score (nSPS) is 13.5. The molecule has 4 aromatic rings. The smallest absolute Gasteiger partial charge is 0.424 e. The number of nitrogens with zero attached hydrogens (tertiary/aromatic N) is 4. The number of hydrogen-bond donors (Lipinski definition) is 4. The number of aromatic nitrogens is 3. The Kier molecular flexibility index (Phi) is 8.85. The summed E-state index contributed by atoms with van der Waals surface area (Å²) in [7, 11) is 0. The molecule has 2 aromatic carbocycles. The Bertz CT molecular complexity index is 1710. The van der Waals surface area contributed by atoms with Gasteiger partial charge < -0.3 is 15.4 Å². The first-order valence-electron chi connectivity index (χ1n) is 13.2. The summed E-state index contributed by atoms with van der Waals surface area (Å²) in [5.74, 6) is 0.175. The van der Waals surface area contributed by atoms with Crippen molar-refractivity contribution in [1.82, 2.24) is 20.3 Å². The Morgan fingerprint density at radius 2 is 1.77 bits per heavy atom. The van der Waals surface area contributed by atoms with E-state index in [0.29, 0.717) is 41.2 Å². The number of rotatable bonds is 9. The van der Waals surface area contributed by atoms with Crippen LogP contribution in [-0.4, -0.2) is 45.3 Å². The van der Waals surface area contributed by atoms with Crippen molar-refractivity contribution in [1.29, 1.82) is 5.41 Å². The Morgan fingerprint density at radius 1 is 1.05 bits per heavy atom. The van der Waals surface area contributed by atoms with Gasteiger partial charge in [0.2, 0.25) is 5.91 Å². The van der Waals surface area contributed by atoms with Crippen LogP contribution in [0.4, 0.5) is 34.5 Å². The van der Waals surface area contributed by atoms with Crippen LogP contribution in [0.2, 0.25) is 0 Å². The lowest BCUT2D eigenvalue weighted by molar-refractivity contribution is -0.117. The maximum Gasteiger partial charge on any atom is 0.432 e. The lowest BCUT2D eigenvalue weighted by Crippen LogP contribution is -2.33. The van der Waals surface area contributed by atoms with Gasteiger partial charge in [-0.3, -0.25) is 20.4 Å². The average Bonchev–Trinajstić information content (AvgIpc) is 3.64. The van der Waals surface area contributed by atoms with Crippen molar-refractivity contribution in [3.05, 3.63) is 84.6 Å². The molecule has 3 amide bonds. The number of allylic oxidation sites excluding steroid dienone is 1. The minimum atomic E-state index is -4.90. The second-order valence-corrected chi connectivity index (χ2v) is 10.5. The molecule has 3 heterocycles. The fraction of sp³-hybridized carbons (Fsp3) is 0.172. The molecule has 15 heteroatoms. The number of anilines is 3. The number of aryl methyl sites for hydroxylation is 1. The van der Waals surface area contributed by atoms with Gasteiger partial charge in [0.05, 0.1) is 23.0 Å². The first-order valence-corrected chi connectivity index (χ1v) is 14.0. The largest absolute Gasteiger partial charge is 0.432 e. The second-order valence-electron chi connectivity index (χ2n) is 9.53. The molecule has 0 bridgehead atoms. The van der Waals surface area contributed by atoms with Crippen molar-refractivity contribution in [2.75, 3.05) is 22.1 Å². The lowest BCUT2D eigenvalue weighted by Gasteiger charge is -2.16. The third-order valence-corrected chi connectivity index (χ3v) is 7.36. The molecule has 1 saturated heterocycles. The number of alkyl halides is 3. The van der Waals surface area contributed by atoms with Gasteiger partial charge in [0.15, 0.2) is 5.13 Å². The zero-order valence-electron chi connectivity index (χ0n) is 23.1. The molecule has 0 unspecified atom stereocenters. The number of benzene rings is 2. The van der Waals surface area contributed by atoms with Gasteiger partial charge in [-0.05, 0) is 54.8 Å². The monoisotopic (exact) mass is 622 g/mol. The molecule has 0 aliphatic carbocycles. The zero-order valence-corrected chi connectivity index (χ0v) is 23.9. The molecule has 11 nitrogen and oxygen atoms in total. The van der Waals surface area contributed by atoms with E-state index in [1.54, 1.807) is 54.4 Å². The van der Waals surface area contributed by atoms with Crippen LogP contribution < -0.4 is 25.6 Å². The summed E-state index contributed by atoms with van der Waals surface area (Å²) in [6.07, 6.45) is 1.20. The molecule has 0 atom stereocenters. The van der Waals surface area contributed by atoms with Crippen molar-refractivity contribution in [2.45, 2.75) is 25.9 Å². The molecule has 44 heavy (non-hydrogen) atoms. The molecule has 4 N–H and O–H groups in total. The SMILES string of the molecule is Cc1ccccc1N/C(=C\C(=N)C(F)(F)F)NC(=O)Nc1cnc(Oc2ccc(-c3cnc(N4CCCC4=O)s3)cc2)nc1. The Labute approximate surface area is 253 Å². The minimum Gasteiger partial charge on any atom is -0.424 e. The number of urea groups is 1. The summed E-state index contributed by atoms with van der Waals surface area (Å²) in [5, 5.41) is 15.4. The number of nitrogens with one attached hydrogen (secondary N) is 4. The fourth-order valence-electron chi connectivity index (χ4n) is 4.07. The first-order chi connectivity index (χ1) is 21.0. The number of para-hydroxylation sites is 1. The van der Waals surface area contributed by atoms with Gasteiger partial charge in [0.25, 0.3) is 0 Å². The van der Waals surface area contributed by atoms with E-state index in [2.05, 4.69) is 30.9 Å². The van der Waals surface area contributed by atoms with Gasteiger partial charge in [-0.2, -0.15) is 13.2 Å². The number of carbonyl (C=O) groups excluding carboxylic acids is 2. The predicted octanol–water partition coefficient (Wildman–Crippen LogP) is 6.48. The maximum absolute atomic E-state index is 13.0. The number of halogens is 3. The standard InChI is InChI=1S/C29H25F3N8O3S/c1-17-5-2-3-6-21(17)38-24(13-23(33)29(30,31)32)39-26(42)37-19-14-34-27(35-15-19)43-20-10-8-18(9-11-20)22-16-36-28(44-22)40-12-4-7-25(40)41/h2-3,5-6,8-11,13-16,33,38H,4,7,12H2,1H3,(H2,37,39,42)/b24-13+,33-23?. The average molecular weight is 623 g/mol. The second kappa shape index (κ2) is 12.9. The van der Waals surface area contributed by atoms with Gasteiger partial charge in [0.1, 0.15) is 17.3 Å². The minimum absolute atomic E-state index is 0.00300. The summed E-state index contributed by atoms with van der Waals surface area (Å²) in [6, 6.07) is 13.0. The number of ether oxygens (including phenoxy) is 1. The van der Waals surface area contributed by atoms with E-state index < -0.39 is 17.9 Å². The van der Waals surface area contributed by atoms with Crippen LogP contribution in [-0.2, 0) is 4.79 Å². The fourth-order valence-corrected chi connectivity index (χ4v) is 5.04. The maximum atomic E-state index is 13.0. The van der Waals surface area contributed by atoms with Gasteiger partial charge in [-0.15, -0.1) is 0 Å². The molecule has 5 rings (SSSR count). The summed E-state index contributed by atoms with van der Waals surface area (Å²) >= 11 is 1.43. The zero-order chi connectivity index (χ0) is 31.3. The molecule has 1 aliphatic heterocycles. The molecule has 0 saturated carbocycles. The van der Waals surface area contributed by atoms with Crippen LogP contribution in [0.3, 0.4) is 0 Å². The van der Waals surface area contributed by atoms with Crippen molar-refractivity contribution in [3.63, 3.8) is 0 Å². The third kappa shape index (κ3) is 7.55. The highest BCUT2D eigenvalue weighted by atomic mass is 32.1. The quantitative estimate of drug-likeness (QED) is 0.156. The third-order valence-electron chi connectivity index (χ3n) is 6.29. The van der Waals surface area contributed by atoms with Crippen LogP contribution in [0.1, 0.15) is 18.4 Å². The highest BCUT2D eigenvalue weighted by molar-refractivity contribution is 7.19.